The Kier molecular flexibility index (Phi) is 5.88. The monoisotopic (exact) mass is 353 g/mol. The van der Waals surface area contributed by atoms with Gasteiger partial charge in [0.1, 0.15) is 11.6 Å². The molecule has 0 heterocycles. The lowest BCUT2D eigenvalue weighted by Gasteiger charge is -2.21. The molecule has 1 unspecified atom stereocenters. The van der Waals surface area contributed by atoms with Crippen molar-refractivity contribution in [3.63, 3.8) is 0 Å². The molecule has 2 aromatic rings. The number of hydrogen-bond acceptors (Lipinski definition) is 1. The van der Waals surface area contributed by atoms with Crippen LogP contribution >= 0.6 is 15.9 Å². The largest absolute Gasteiger partial charge is 0.310 e. The normalized spacial score (nSPS) is 12.4. The van der Waals surface area contributed by atoms with Crippen molar-refractivity contribution in [3.05, 3.63) is 69.7 Å². The molecule has 0 aromatic heterocycles. The molecule has 21 heavy (non-hydrogen) atoms. The average molecular weight is 354 g/mol. The number of hydrogen-bond donors (Lipinski definition) is 1. The molecule has 4 heteroatoms. The van der Waals surface area contributed by atoms with E-state index >= 15 is 0 Å². The van der Waals surface area contributed by atoms with Crippen LogP contribution in [0.2, 0.25) is 0 Å². The Bertz CT molecular complexity index is 564. The molecule has 1 nitrogen and oxygen atoms in total. The van der Waals surface area contributed by atoms with Gasteiger partial charge in [-0.15, -0.1) is 0 Å². The van der Waals surface area contributed by atoms with E-state index in [-0.39, 0.29) is 17.7 Å². The van der Waals surface area contributed by atoms with Gasteiger partial charge in [-0.25, -0.2) is 8.78 Å². The molecular formula is C17H18BrF2N. The van der Waals surface area contributed by atoms with Crippen molar-refractivity contribution in [1.82, 2.24) is 5.32 Å². The predicted molar refractivity (Wildman–Crippen MR) is 85.2 cm³/mol. The highest BCUT2D eigenvalue weighted by atomic mass is 79.9. The molecule has 112 valence electrons. The molecular weight excluding hydrogens is 336 g/mol. The van der Waals surface area contributed by atoms with E-state index in [0.717, 1.165) is 23.0 Å². The van der Waals surface area contributed by atoms with E-state index in [9.17, 15) is 8.78 Å². The molecule has 0 fully saturated rings. The summed E-state index contributed by atoms with van der Waals surface area (Å²) >= 11 is 3.42. The Hall–Kier alpha value is -1.26. The van der Waals surface area contributed by atoms with E-state index in [4.69, 9.17) is 0 Å². The highest BCUT2D eigenvalue weighted by Crippen LogP contribution is 2.28. The van der Waals surface area contributed by atoms with Crippen molar-refractivity contribution in [2.75, 3.05) is 6.54 Å². The van der Waals surface area contributed by atoms with Gasteiger partial charge < -0.3 is 5.32 Å². The fourth-order valence-corrected chi connectivity index (χ4v) is 2.91. The SMILES string of the molecule is CCCNC(Cc1ccc(F)cc1)c1c(F)cccc1Br. The third kappa shape index (κ3) is 4.35. The molecule has 0 bridgehead atoms. The fourth-order valence-electron chi connectivity index (χ4n) is 2.29. The quantitative estimate of drug-likeness (QED) is 0.769. The van der Waals surface area contributed by atoms with Gasteiger partial charge in [0.25, 0.3) is 0 Å². The van der Waals surface area contributed by atoms with Gasteiger partial charge in [-0.05, 0) is 49.2 Å². The van der Waals surface area contributed by atoms with Gasteiger partial charge >= 0.3 is 0 Å². The van der Waals surface area contributed by atoms with E-state index in [0.29, 0.717) is 12.0 Å². The van der Waals surface area contributed by atoms with Crippen molar-refractivity contribution >= 4 is 15.9 Å². The molecule has 2 rings (SSSR count). The van der Waals surface area contributed by atoms with Crippen molar-refractivity contribution in [3.8, 4) is 0 Å². The Balaban J connectivity index is 2.27. The van der Waals surface area contributed by atoms with Gasteiger partial charge in [-0.1, -0.05) is 41.1 Å². The first-order chi connectivity index (χ1) is 10.1. The van der Waals surface area contributed by atoms with Crippen LogP contribution in [0.25, 0.3) is 0 Å². The second-order valence-electron chi connectivity index (χ2n) is 4.97. The van der Waals surface area contributed by atoms with Crippen LogP contribution in [0.3, 0.4) is 0 Å². The minimum absolute atomic E-state index is 0.147. The highest BCUT2D eigenvalue weighted by Gasteiger charge is 2.18. The topological polar surface area (TPSA) is 12.0 Å². The van der Waals surface area contributed by atoms with E-state index in [1.54, 1.807) is 18.2 Å². The van der Waals surface area contributed by atoms with Gasteiger partial charge in [0, 0.05) is 16.1 Å². The highest BCUT2D eigenvalue weighted by molar-refractivity contribution is 9.10. The first-order valence-corrected chi connectivity index (χ1v) is 7.83. The Labute approximate surface area is 132 Å². The van der Waals surface area contributed by atoms with Gasteiger partial charge in [0.15, 0.2) is 0 Å². The smallest absolute Gasteiger partial charge is 0.129 e. The van der Waals surface area contributed by atoms with Crippen molar-refractivity contribution in [2.45, 2.75) is 25.8 Å². The summed E-state index contributed by atoms with van der Waals surface area (Å²) in [6, 6.07) is 11.2. The fraction of sp³-hybridized carbons (Fsp3) is 0.294. The Morgan fingerprint density at radius 3 is 2.43 bits per heavy atom. The molecule has 0 amide bonds. The van der Waals surface area contributed by atoms with Gasteiger partial charge in [0.2, 0.25) is 0 Å². The van der Waals surface area contributed by atoms with Crippen molar-refractivity contribution < 1.29 is 8.78 Å². The maximum atomic E-state index is 14.2. The van der Waals surface area contributed by atoms with Crippen LogP contribution in [0.5, 0.6) is 0 Å². The molecule has 1 atom stereocenters. The third-order valence-corrected chi connectivity index (χ3v) is 4.03. The maximum Gasteiger partial charge on any atom is 0.129 e. The van der Waals surface area contributed by atoms with Gasteiger partial charge in [-0.2, -0.15) is 0 Å². The maximum absolute atomic E-state index is 14.2. The summed E-state index contributed by atoms with van der Waals surface area (Å²) in [5.41, 5.74) is 1.59. The molecule has 0 aliphatic rings. The summed E-state index contributed by atoms with van der Waals surface area (Å²) in [6.45, 7) is 2.87. The summed E-state index contributed by atoms with van der Waals surface area (Å²) in [5.74, 6) is -0.496. The van der Waals surface area contributed by atoms with Crippen molar-refractivity contribution in [2.24, 2.45) is 0 Å². The Morgan fingerprint density at radius 1 is 1.10 bits per heavy atom. The summed E-state index contributed by atoms with van der Waals surface area (Å²) in [7, 11) is 0. The second-order valence-corrected chi connectivity index (χ2v) is 5.83. The number of nitrogens with one attached hydrogen (secondary N) is 1. The molecule has 0 saturated carbocycles. The zero-order valence-electron chi connectivity index (χ0n) is 11.9. The van der Waals surface area contributed by atoms with Crippen molar-refractivity contribution in [1.29, 1.82) is 0 Å². The van der Waals surface area contributed by atoms with Crippen LogP contribution in [0.15, 0.2) is 46.9 Å². The van der Waals surface area contributed by atoms with Gasteiger partial charge in [0.05, 0.1) is 0 Å². The predicted octanol–water partition coefficient (Wildman–Crippen LogP) is 5.01. The zero-order valence-corrected chi connectivity index (χ0v) is 13.5. The summed E-state index contributed by atoms with van der Waals surface area (Å²) in [6.07, 6.45) is 1.58. The number of halogens is 3. The number of benzene rings is 2. The van der Waals surface area contributed by atoms with Crippen LogP contribution in [0.1, 0.15) is 30.5 Å². The van der Waals surface area contributed by atoms with Crippen LogP contribution in [-0.4, -0.2) is 6.54 Å². The molecule has 0 aliphatic carbocycles. The lowest BCUT2D eigenvalue weighted by Crippen LogP contribution is -2.25. The third-order valence-electron chi connectivity index (χ3n) is 3.34. The molecule has 2 aromatic carbocycles. The second kappa shape index (κ2) is 7.66. The first kappa shape index (κ1) is 16.1. The van der Waals surface area contributed by atoms with E-state index in [1.807, 2.05) is 6.07 Å². The van der Waals surface area contributed by atoms with Crippen LogP contribution in [0.4, 0.5) is 8.78 Å². The van der Waals surface area contributed by atoms with E-state index < -0.39 is 0 Å². The molecule has 0 aliphatic heterocycles. The first-order valence-electron chi connectivity index (χ1n) is 7.03. The van der Waals surface area contributed by atoms with Crippen LogP contribution < -0.4 is 5.32 Å². The zero-order chi connectivity index (χ0) is 15.2. The molecule has 0 radical (unpaired) electrons. The van der Waals surface area contributed by atoms with Gasteiger partial charge in [-0.3, -0.25) is 0 Å². The minimum Gasteiger partial charge on any atom is -0.310 e. The van der Waals surface area contributed by atoms with E-state index in [2.05, 4.69) is 28.2 Å². The lowest BCUT2D eigenvalue weighted by molar-refractivity contribution is 0.494. The average Bonchev–Trinajstić information content (AvgIpc) is 2.46. The lowest BCUT2D eigenvalue weighted by atomic mass is 9.98. The van der Waals surface area contributed by atoms with Crippen LogP contribution in [-0.2, 0) is 6.42 Å². The molecule has 0 spiro atoms. The number of rotatable bonds is 6. The Morgan fingerprint density at radius 2 is 1.81 bits per heavy atom. The summed E-state index contributed by atoms with van der Waals surface area (Å²) < 4.78 is 27.9. The summed E-state index contributed by atoms with van der Waals surface area (Å²) in [5, 5.41) is 3.37. The van der Waals surface area contributed by atoms with Crippen LogP contribution in [0, 0.1) is 11.6 Å². The summed E-state index contributed by atoms with van der Waals surface area (Å²) in [4.78, 5) is 0. The molecule has 1 N–H and O–H groups in total. The van der Waals surface area contributed by atoms with E-state index in [1.165, 1.54) is 18.2 Å². The standard InChI is InChI=1S/C17H18BrF2N/c1-2-10-21-16(11-12-6-8-13(19)9-7-12)17-14(18)4-3-5-15(17)20/h3-9,16,21H,2,10-11H2,1H3. The molecule has 0 saturated heterocycles. The minimum atomic E-state index is -0.260.